The Labute approximate surface area is 142 Å². The molecule has 0 spiro atoms. The van der Waals surface area contributed by atoms with Gasteiger partial charge in [0.25, 0.3) is 0 Å². The number of hydrogen-bond donors (Lipinski definition) is 2. The normalized spacial score (nSPS) is 12.0. The summed E-state index contributed by atoms with van der Waals surface area (Å²) in [6.07, 6.45) is 0.310. The highest BCUT2D eigenvalue weighted by molar-refractivity contribution is 5.86. The maximum absolute atomic E-state index is 13.6. The van der Waals surface area contributed by atoms with E-state index >= 15 is 0 Å². The lowest BCUT2D eigenvalue weighted by Gasteiger charge is -2.25. The van der Waals surface area contributed by atoms with E-state index in [4.69, 9.17) is 0 Å². The van der Waals surface area contributed by atoms with Gasteiger partial charge in [-0.15, -0.1) is 0 Å². The zero-order valence-corrected chi connectivity index (χ0v) is 14.9. The average Bonchev–Trinajstić information content (AvgIpc) is 2.44. The molecule has 1 aromatic rings. The van der Waals surface area contributed by atoms with Crippen molar-refractivity contribution in [3.05, 3.63) is 35.4 Å². The van der Waals surface area contributed by atoms with Gasteiger partial charge in [0.2, 0.25) is 5.91 Å². The van der Waals surface area contributed by atoms with Gasteiger partial charge in [-0.2, -0.15) is 0 Å². The Balaban J connectivity index is 2.52. The summed E-state index contributed by atoms with van der Waals surface area (Å²) in [6.45, 7) is 6.24. The summed E-state index contributed by atoms with van der Waals surface area (Å²) in [5, 5.41) is 5.91. The lowest BCUT2D eigenvalue weighted by atomic mass is 10.1. The van der Waals surface area contributed by atoms with Crippen LogP contribution in [0.5, 0.6) is 0 Å². The third-order valence-electron chi connectivity index (χ3n) is 3.15. The number of carbonyl (C=O) groups is 1. The van der Waals surface area contributed by atoms with Crippen LogP contribution in [0.2, 0.25) is 0 Å². The van der Waals surface area contributed by atoms with Crippen LogP contribution in [-0.4, -0.2) is 49.5 Å². The lowest BCUT2D eigenvalue weighted by Crippen LogP contribution is -2.49. The Morgan fingerprint density at radius 2 is 1.96 bits per heavy atom. The molecule has 1 rings (SSSR count). The van der Waals surface area contributed by atoms with Crippen LogP contribution in [0.1, 0.15) is 26.3 Å². The fraction of sp³-hybridized carbons (Fsp3) is 0.529. The van der Waals surface area contributed by atoms with Crippen molar-refractivity contribution >= 4 is 11.9 Å². The molecule has 0 bridgehead atoms. The standard InChI is InChI=1S/C17H26F2N4O/c1-17(2,3)22-15(24)11-23(5)16(20-4)21-9-8-12-10-13(18)6-7-14(12)19/h6-7,10H,8-9,11H2,1-5H3,(H,20,21)(H,22,24). The first-order chi connectivity index (χ1) is 11.1. The van der Waals surface area contributed by atoms with Gasteiger partial charge in [-0.3, -0.25) is 9.79 Å². The largest absolute Gasteiger partial charge is 0.356 e. The van der Waals surface area contributed by atoms with Crippen molar-refractivity contribution in [1.82, 2.24) is 15.5 Å². The van der Waals surface area contributed by atoms with Crippen molar-refractivity contribution < 1.29 is 13.6 Å². The summed E-state index contributed by atoms with van der Waals surface area (Å²) in [5.74, 6) is -0.516. The van der Waals surface area contributed by atoms with E-state index in [0.717, 1.165) is 12.1 Å². The first kappa shape index (κ1) is 19.9. The van der Waals surface area contributed by atoms with E-state index in [-0.39, 0.29) is 18.0 Å². The van der Waals surface area contributed by atoms with Gasteiger partial charge in [-0.05, 0) is 51.0 Å². The van der Waals surface area contributed by atoms with Crippen molar-refractivity contribution in [3.63, 3.8) is 0 Å². The molecule has 7 heteroatoms. The van der Waals surface area contributed by atoms with Gasteiger partial charge in [0.1, 0.15) is 11.6 Å². The zero-order chi connectivity index (χ0) is 18.3. The van der Waals surface area contributed by atoms with E-state index in [1.165, 1.54) is 6.07 Å². The van der Waals surface area contributed by atoms with Crippen LogP contribution in [0.3, 0.4) is 0 Å². The molecule has 2 N–H and O–H groups in total. The van der Waals surface area contributed by atoms with Crippen molar-refractivity contribution in [3.8, 4) is 0 Å². The molecule has 0 saturated heterocycles. The molecule has 24 heavy (non-hydrogen) atoms. The molecule has 1 aromatic carbocycles. The van der Waals surface area contributed by atoms with Crippen molar-refractivity contribution in [2.75, 3.05) is 27.2 Å². The number of halogens is 2. The van der Waals surface area contributed by atoms with Crippen LogP contribution in [0.4, 0.5) is 8.78 Å². The summed E-state index contributed by atoms with van der Waals surface area (Å²) < 4.78 is 26.7. The predicted octanol–water partition coefficient (Wildman–Crippen LogP) is 1.93. The number of likely N-dealkylation sites (N-methyl/N-ethyl adjacent to an activating group) is 1. The molecule has 0 aromatic heterocycles. The van der Waals surface area contributed by atoms with Crippen LogP contribution in [0.25, 0.3) is 0 Å². The van der Waals surface area contributed by atoms with Gasteiger partial charge in [-0.25, -0.2) is 8.78 Å². The van der Waals surface area contributed by atoms with Gasteiger partial charge in [-0.1, -0.05) is 0 Å². The van der Waals surface area contributed by atoms with E-state index < -0.39 is 11.6 Å². The molecule has 0 aliphatic rings. The highest BCUT2D eigenvalue weighted by Gasteiger charge is 2.16. The minimum Gasteiger partial charge on any atom is -0.356 e. The van der Waals surface area contributed by atoms with Gasteiger partial charge in [0.05, 0.1) is 6.54 Å². The Morgan fingerprint density at radius 1 is 1.29 bits per heavy atom. The predicted molar refractivity (Wildman–Crippen MR) is 91.9 cm³/mol. The second kappa shape index (κ2) is 8.61. The van der Waals surface area contributed by atoms with Gasteiger partial charge < -0.3 is 15.5 Å². The minimum atomic E-state index is -0.466. The first-order valence-electron chi connectivity index (χ1n) is 7.79. The Hall–Kier alpha value is -2.18. The summed E-state index contributed by atoms with van der Waals surface area (Å²) >= 11 is 0. The molecule has 1 amide bonds. The van der Waals surface area contributed by atoms with Gasteiger partial charge in [0, 0.05) is 26.2 Å². The maximum Gasteiger partial charge on any atom is 0.240 e. The van der Waals surface area contributed by atoms with E-state index in [1.54, 1.807) is 19.0 Å². The van der Waals surface area contributed by atoms with Crippen molar-refractivity contribution in [2.45, 2.75) is 32.7 Å². The van der Waals surface area contributed by atoms with Gasteiger partial charge in [0.15, 0.2) is 5.96 Å². The molecule has 5 nitrogen and oxygen atoms in total. The molecule has 0 radical (unpaired) electrons. The topological polar surface area (TPSA) is 56.7 Å². The van der Waals surface area contributed by atoms with E-state index in [0.29, 0.717) is 24.5 Å². The summed E-state index contributed by atoms with van der Waals surface area (Å²) in [5.41, 5.74) is -0.00451. The average molecular weight is 340 g/mol. The second-order valence-corrected chi connectivity index (χ2v) is 6.61. The number of nitrogens with zero attached hydrogens (tertiary/aromatic N) is 2. The fourth-order valence-corrected chi connectivity index (χ4v) is 2.18. The smallest absolute Gasteiger partial charge is 0.240 e. The third kappa shape index (κ3) is 6.93. The highest BCUT2D eigenvalue weighted by Crippen LogP contribution is 2.09. The lowest BCUT2D eigenvalue weighted by molar-refractivity contribution is -0.122. The second-order valence-electron chi connectivity index (χ2n) is 6.61. The monoisotopic (exact) mass is 340 g/mol. The summed E-state index contributed by atoms with van der Waals surface area (Å²) in [6, 6.07) is 3.38. The van der Waals surface area contributed by atoms with Crippen LogP contribution >= 0.6 is 0 Å². The number of rotatable bonds is 5. The van der Waals surface area contributed by atoms with Crippen LogP contribution < -0.4 is 10.6 Å². The Morgan fingerprint density at radius 3 is 2.54 bits per heavy atom. The van der Waals surface area contributed by atoms with Crippen LogP contribution in [0.15, 0.2) is 23.2 Å². The number of nitrogens with one attached hydrogen (secondary N) is 2. The summed E-state index contributed by atoms with van der Waals surface area (Å²) in [7, 11) is 3.34. The van der Waals surface area contributed by atoms with E-state index in [2.05, 4.69) is 15.6 Å². The number of benzene rings is 1. The number of carbonyl (C=O) groups excluding carboxylic acids is 1. The number of aliphatic imine (C=N–C) groups is 1. The molecule has 134 valence electrons. The fourth-order valence-electron chi connectivity index (χ4n) is 2.18. The van der Waals surface area contributed by atoms with E-state index in [9.17, 15) is 13.6 Å². The van der Waals surface area contributed by atoms with Gasteiger partial charge >= 0.3 is 0 Å². The van der Waals surface area contributed by atoms with Crippen LogP contribution in [-0.2, 0) is 11.2 Å². The third-order valence-corrected chi connectivity index (χ3v) is 3.15. The molecule has 0 saturated carbocycles. The van der Waals surface area contributed by atoms with Crippen LogP contribution in [0, 0.1) is 11.6 Å². The Kier molecular flexibility index (Phi) is 7.13. The quantitative estimate of drug-likeness (QED) is 0.636. The number of guanidine groups is 1. The SMILES string of the molecule is CN=C(NCCc1cc(F)ccc1F)N(C)CC(=O)NC(C)(C)C. The Bertz CT molecular complexity index is 597. The molecule has 0 aliphatic carbocycles. The molecular formula is C17H26F2N4O. The highest BCUT2D eigenvalue weighted by atomic mass is 19.1. The zero-order valence-electron chi connectivity index (χ0n) is 14.9. The molecule has 0 aliphatic heterocycles. The number of amides is 1. The molecular weight excluding hydrogens is 314 g/mol. The van der Waals surface area contributed by atoms with Crippen molar-refractivity contribution in [2.24, 2.45) is 4.99 Å². The molecule has 0 unspecified atom stereocenters. The summed E-state index contributed by atoms with van der Waals surface area (Å²) in [4.78, 5) is 17.7. The molecule has 0 heterocycles. The molecule has 0 fully saturated rings. The first-order valence-corrected chi connectivity index (χ1v) is 7.79. The maximum atomic E-state index is 13.6. The molecule has 0 atom stereocenters. The number of hydrogen-bond acceptors (Lipinski definition) is 2. The minimum absolute atomic E-state index is 0.121. The van der Waals surface area contributed by atoms with Crippen molar-refractivity contribution in [1.29, 1.82) is 0 Å². The van der Waals surface area contributed by atoms with E-state index in [1.807, 2.05) is 20.8 Å².